The minimum absolute atomic E-state index is 0.274. The molecule has 0 bridgehead atoms. The van der Waals surface area contributed by atoms with Crippen LogP contribution in [-0.4, -0.2) is 6.04 Å². The first-order chi connectivity index (χ1) is 15.8. The van der Waals surface area contributed by atoms with Crippen LogP contribution in [0.3, 0.4) is 0 Å². The normalized spacial score (nSPS) is 15.8. The summed E-state index contributed by atoms with van der Waals surface area (Å²) in [6.45, 7) is 0. The molecule has 2 nitrogen and oxygen atoms in total. The number of para-hydroxylation sites is 2. The van der Waals surface area contributed by atoms with Crippen LogP contribution in [0, 0.1) is 0 Å². The second-order valence-electron chi connectivity index (χ2n) is 8.23. The van der Waals surface area contributed by atoms with Crippen molar-refractivity contribution in [1.29, 1.82) is 0 Å². The molecule has 1 aliphatic carbocycles. The van der Waals surface area contributed by atoms with Gasteiger partial charge in [-0.05, 0) is 41.3 Å². The molecule has 1 atom stereocenters. The molecule has 0 saturated heterocycles. The van der Waals surface area contributed by atoms with Crippen molar-refractivity contribution >= 4 is 33.2 Å². The van der Waals surface area contributed by atoms with Crippen LogP contribution in [0.15, 0.2) is 120 Å². The van der Waals surface area contributed by atoms with Crippen molar-refractivity contribution in [3.63, 3.8) is 0 Å². The lowest BCUT2D eigenvalue weighted by Gasteiger charge is -2.19. The fourth-order valence-corrected chi connectivity index (χ4v) is 4.51. The highest BCUT2D eigenvalue weighted by Crippen LogP contribution is 2.35. The van der Waals surface area contributed by atoms with Gasteiger partial charge in [-0.2, -0.15) is 0 Å². The van der Waals surface area contributed by atoms with Crippen molar-refractivity contribution in [2.24, 2.45) is 0 Å². The Morgan fingerprint density at radius 3 is 2.25 bits per heavy atom. The van der Waals surface area contributed by atoms with E-state index in [4.69, 9.17) is 4.42 Å². The summed E-state index contributed by atoms with van der Waals surface area (Å²) >= 11 is 0. The van der Waals surface area contributed by atoms with E-state index in [-0.39, 0.29) is 6.04 Å². The second-order valence-corrected chi connectivity index (χ2v) is 8.23. The largest absolute Gasteiger partial charge is 0.455 e. The zero-order valence-electron chi connectivity index (χ0n) is 17.7. The number of furan rings is 1. The third-order valence-electron chi connectivity index (χ3n) is 6.16. The van der Waals surface area contributed by atoms with Crippen molar-refractivity contribution in [2.45, 2.75) is 12.5 Å². The molecule has 0 spiro atoms. The molecule has 32 heavy (non-hydrogen) atoms. The summed E-state index contributed by atoms with van der Waals surface area (Å²) in [5, 5.41) is 5.98. The minimum atomic E-state index is 0.274. The Bertz CT molecular complexity index is 1460. The van der Waals surface area contributed by atoms with Crippen molar-refractivity contribution in [3.05, 3.63) is 121 Å². The van der Waals surface area contributed by atoms with Gasteiger partial charge in [0.1, 0.15) is 11.2 Å². The maximum atomic E-state index is 6.22. The molecule has 0 radical (unpaired) electrons. The number of rotatable bonds is 4. The van der Waals surface area contributed by atoms with Crippen molar-refractivity contribution in [3.8, 4) is 11.1 Å². The molecule has 0 amide bonds. The monoisotopic (exact) mass is 413 g/mol. The van der Waals surface area contributed by atoms with Crippen LogP contribution in [0.1, 0.15) is 12.0 Å². The predicted molar refractivity (Wildman–Crippen MR) is 135 cm³/mol. The van der Waals surface area contributed by atoms with Gasteiger partial charge in [-0.25, -0.2) is 0 Å². The Labute approximate surface area is 187 Å². The van der Waals surface area contributed by atoms with Gasteiger partial charge in [0.2, 0.25) is 0 Å². The Kier molecular flexibility index (Phi) is 4.62. The number of hydrogen-bond donors (Lipinski definition) is 1. The zero-order valence-corrected chi connectivity index (χ0v) is 17.7. The zero-order chi connectivity index (χ0) is 21.3. The summed E-state index contributed by atoms with van der Waals surface area (Å²) in [6.07, 6.45) is 7.70. The van der Waals surface area contributed by atoms with Crippen LogP contribution < -0.4 is 5.32 Å². The third kappa shape index (κ3) is 3.40. The van der Waals surface area contributed by atoms with E-state index in [0.29, 0.717) is 0 Å². The van der Waals surface area contributed by atoms with E-state index in [1.54, 1.807) is 0 Å². The molecular weight excluding hydrogens is 390 g/mol. The molecule has 2 heteroatoms. The van der Waals surface area contributed by atoms with E-state index in [2.05, 4.69) is 102 Å². The maximum absolute atomic E-state index is 6.22. The first-order valence-corrected chi connectivity index (χ1v) is 11.1. The Balaban J connectivity index is 1.21. The van der Waals surface area contributed by atoms with Gasteiger partial charge in [-0.3, -0.25) is 0 Å². The van der Waals surface area contributed by atoms with E-state index < -0.39 is 0 Å². The molecule has 154 valence electrons. The summed E-state index contributed by atoms with van der Waals surface area (Å²) in [5.74, 6) is 0. The van der Waals surface area contributed by atoms with E-state index in [9.17, 15) is 0 Å². The van der Waals surface area contributed by atoms with Gasteiger partial charge < -0.3 is 9.73 Å². The first kappa shape index (κ1) is 18.7. The van der Waals surface area contributed by atoms with Crippen LogP contribution in [0.2, 0.25) is 0 Å². The Hall–Kier alpha value is -4.04. The second kappa shape index (κ2) is 7.90. The Morgan fingerprint density at radius 2 is 1.44 bits per heavy atom. The van der Waals surface area contributed by atoms with Gasteiger partial charge in [0, 0.05) is 28.1 Å². The number of hydrogen-bond acceptors (Lipinski definition) is 2. The van der Waals surface area contributed by atoms with Gasteiger partial charge in [-0.15, -0.1) is 0 Å². The fraction of sp³-hybridized carbons (Fsp3) is 0.0667. The molecule has 1 N–H and O–H groups in total. The van der Waals surface area contributed by atoms with Gasteiger partial charge in [0.05, 0.1) is 0 Å². The van der Waals surface area contributed by atoms with Crippen LogP contribution in [0.4, 0.5) is 5.69 Å². The highest BCUT2D eigenvalue weighted by atomic mass is 16.3. The minimum Gasteiger partial charge on any atom is -0.455 e. The highest BCUT2D eigenvalue weighted by molar-refractivity contribution is 6.08. The van der Waals surface area contributed by atoms with Gasteiger partial charge >= 0.3 is 0 Å². The summed E-state index contributed by atoms with van der Waals surface area (Å²) in [4.78, 5) is 0. The quantitative estimate of drug-likeness (QED) is 0.322. The number of allylic oxidation sites excluding steroid dienone is 2. The molecule has 6 rings (SSSR count). The molecule has 0 saturated carbocycles. The molecular formula is C30H23NO. The van der Waals surface area contributed by atoms with Crippen molar-refractivity contribution in [1.82, 2.24) is 0 Å². The van der Waals surface area contributed by atoms with Crippen molar-refractivity contribution in [2.75, 3.05) is 5.32 Å². The molecule has 0 aliphatic heterocycles. The van der Waals surface area contributed by atoms with E-state index in [1.807, 2.05) is 18.2 Å². The summed E-state index contributed by atoms with van der Waals surface area (Å²) < 4.78 is 6.22. The lowest BCUT2D eigenvalue weighted by molar-refractivity contribution is 0.667. The first-order valence-electron chi connectivity index (χ1n) is 11.1. The third-order valence-corrected chi connectivity index (χ3v) is 6.16. The van der Waals surface area contributed by atoms with E-state index in [1.165, 1.54) is 27.5 Å². The van der Waals surface area contributed by atoms with E-state index in [0.717, 1.165) is 28.8 Å². The predicted octanol–water partition coefficient (Wildman–Crippen LogP) is 8.08. The number of benzene rings is 4. The summed E-state index contributed by atoms with van der Waals surface area (Å²) in [6, 6.07) is 34.1. The molecule has 0 fully saturated rings. The standard InChI is InChI=1S/C30H23NO/c1-2-7-21(8-3-1)22-13-17-24(18-14-22)31-25-19-15-23(16-20-25)26-10-6-11-28-27-9-4-5-12-29(27)32-30(26)28/h1-19,25,31H,20H2. The van der Waals surface area contributed by atoms with Crippen LogP contribution in [0.5, 0.6) is 0 Å². The molecule has 4 aromatic carbocycles. The molecule has 1 unspecified atom stereocenters. The average molecular weight is 414 g/mol. The van der Waals surface area contributed by atoms with E-state index >= 15 is 0 Å². The molecule has 1 heterocycles. The topological polar surface area (TPSA) is 25.2 Å². The average Bonchev–Trinajstić information content (AvgIpc) is 3.25. The molecule has 5 aromatic rings. The lowest BCUT2D eigenvalue weighted by atomic mass is 9.95. The highest BCUT2D eigenvalue weighted by Gasteiger charge is 2.15. The number of fused-ring (bicyclic) bond motifs is 3. The van der Waals surface area contributed by atoms with Gasteiger partial charge in [0.15, 0.2) is 0 Å². The SMILES string of the molecule is C1=CC(Nc2ccc(-c3ccccc3)cc2)CC=C1c1cccc2c1oc1ccccc12. The van der Waals surface area contributed by atoms with Crippen LogP contribution in [0.25, 0.3) is 38.6 Å². The Morgan fingerprint density at radius 1 is 0.688 bits per heavy atom. The summed E-state index contributed by atoms with van der Waals surface area (Å²) in [5.41, 5.74) is 7.88. The smallest absolute Gasteiger partial charge is 0.143 e. The molecule has 1 aliphatic rings. The lowest BCUT2D eigenvalue weighted by Crippen LogP contribution is -2.17. The summed E-state index contributed by atoms with van der Waals surface area (Å²) in [7, 11) is 0. The molecule has 1 aromatic heterocycles. The fourth-order valence-electron chi connectivity index (χ4n) is 4.51. The van der Waals surface area contributed by atoms with Crippen LogP contribution in [-0.2, 0) is 0 Å². The van der Waals surface area contributed by atoms with Gasteiger partial charge in [0.25, 0.3) is 0 Å². The number of nitrogens with one attached hydrogen (secondary N) is 1. The van der Waals surface area contributed by atoms with Crippen LogP contribution >= 0.6 is 0 Å². The van der Waals surface area contributed by atoms with Crippen molar-refractivity contribution < 1.29 is 4.42 Å². The van der Waals surface area contributed by atoms with Gasteiger partial charge in [-0.1, -0.05) is 97.1 Å². The maximum Gasteiger partial charge on any atom is 0.143 e. The number of anilines is 1.